The van der Waals surface area contributed by atoms with Crippen LogP contribution in [-0.2, 0) is 37.9 Å². The molecule has 0 aromatic carbocycles. The summed E-state index contributed by atoms with van der Waals surface area (Å²) in [5.74, 6) is 0.313. The van der Waals surface area contributed by atoms with Crippen LogP contribution in [0.1, 0.15) is 120 Å². The Morgan fingerprint density at radius 2 is 1.07 bits per heavy atom. The molecule has 440 valence electrons. The van der Waals surface area contributed by atoms with Gasteiger partial charge in [-0.3, -0.25) is 0 Å². The van der Waals surface area contributed by atoms with E-state index in [0.717, 1.165) is 50.5 Å². The first-order chi connectivity index (χ1) is 35.6. The Morgan fingerprint density at radius 1 is 0.539 bits per heavy atom. The highest BCUT2D eigenvalue weighted by Crippen LogP contribution is 2.76. The molecule has 8 aliphatic rings. The molecule has 4 saturated heterocycles. The van der Waals surface area contributed by atoms with Gasteiger partial charge in [0.25, 0.3) is 0 Å². The quantitative estimate of drug-likeness (QED) is 0.0639. The maximum Gasteiger partial charge on any atom is 0.187 e. The first kappa shape index (κ1) is 60.9. The molecule has 22 heteroatoms. The van der Waals surface area contributed by atoms with Gasteiger partial charge in [0, 0.05) is 0 Å². The van der Waals surface area contributed by atoms with Crippen molar-refractivity contribution in [2.45, 2.75) is 254 Å². The molecule has 0 amide bonds. The second-order valence-corrected chi connectivity index (χ2v) is 25.5. The van der Waals surface area contributed by atoms with Crippen molar-refractivity contribution in [3.63, 3.8) is 0 Å². The Bertz CT molecular complexity index is 1960. The lowest BCUT2D eigenvalue weighted by Gasteiger charge is -2.70. The molecule has 4 aliphatic carbocycles. The minimum atomic E-state index is -1.90. The van der Waals surface area contributed by atoms with E-state index in [-0.39, 0.29) is 46.5 Å². The van der Waals surface area contributed by atoms with E-state index in [4.69, 9.17) is 37.9 Å². The van der Waals surface area contributed by atoms with E-state index >= 15 is 0 Å². The fourth-order valence-corrected chi connectivity index (χ4v) is 16.2. The molecule has 4 heterocycles. The first-order valence-electron chi connectivity index (χ1n) is 27.8. The van der Waals surface area contributed by atoms with Gasteiger partial charge in [0.2, 0.25) is 0 Å². The molecule has 0 spiro atoms. The molecular formula is C54H92O22. The fraction of sp³-hybridized carbons (Fsp3) is 0.963. The Balaban J connectivity index is 1.04. The van der Waals surface area contributed by atoms with Gasteiger partial charge in [-0.05, 0) is 130 Å². The highest BCUT2D eigenvalue weighted by molar-refractivity contribution is 5.19. The van der Waals surface area contributed by atoms with Crippen molar-refractivity contribution in [1.29, 1.82) is 0 Å². The summed E-state index contributed by atoms with van der Waals surface area (Å²) in [6.45, 7) is 14.7. The zero-order valence-electron chi connectivity index (χ0n) is 45.4. The standard InChI is InChI=1S/C54H92O22/c1-24(2)10-9-16-54(68,23-69-46-41(65)39(63)35(59)28(20-55)71-46)27-13-18-52(7)26(27)11-12-32-51(6)17-15-33(50(4,5)31(51)14-19-53(32,52)8)74-49-45(76-47-42(66)38(62)34(58)25(3)70-47)44(37(61)30(22-57)73-49)75-48-43(67)40(64)36(60)29(21-56)72-48/h10,25-49,55-68H,9,11-23H2,1-8H3/t25-,26+,27-,28+,29+,30+,31-,32+,33-,34-,35+,36+,37+,38+,39-,40-,41+,42+,43+,44-,45+,46+,47-,48-,49-,51-,52+,53+,54+/m0/s1. The Labute approximate surface area is 445 Å². The maximum absolute atomic E-state index is 12.9. The monoisotopic (exact) mass is 1090 g/mol. The first-order valence-corrected chi connectivity index (χ1v) is 27.8. The van der Waals surface area contributed by atoms with Crippen LogP contribution >= 0.6 is 0 Å². The zero-order valence-corrected chi connectivity index (χ0v) is 45.4. The third kappa shape index (κ3) is 10.7. The average molecular weight is 1090 g/mol. The van der Waals surface area contributed by atoms with E-state index < -0.39 is 160 Å². The lowest BCUT2D eigenvalue weighted by Crippen LogP contribution is -2.68. The molecule has 0 aromatic rings. The smallest absolute Gasteiger partial charge is 0.187 e. The van der Waals surface area contributed by atoms with Crippen molar-refractivity contribution >= 4 is 0 Å². The van der Waals surface area contributed by atoms with Crippen molar-refractivity contribution in [1.82, 2.24) is 0 Å². The Kier molecular flexibility index (Phi) is 18.6. The van der Waals surface area contributed by atoms with Crippen LogP contribution in [-0.4, -0.2) is 232 Å². The summed E-state index contributed by atoms with van der Waals surface area (Å²) in [4.78, 5) is 0. The topological polar surface area (TPSA) is 357 Å². The molecule has 29 atom stereocenters. The molecule has 0 unspecified atom stereocenters. The largest absolute Gasteiger partial charge is 0.394 e. The third-order valence-corrected chi connectivity index (χ3v) is 20.8. The van der Waals surface area contributed by atoms with Crippen LogP contribution < -0.4 is 0 Å². The number of hydrogen-bond donors (Lipinski definition) is 14. The normalized spacial score (nSPS) is 52.2. The molecule has 0 aromatic heterocycles. The molecule has 0 bridgehead atoms. The lowest BCUT2D eigenvalue weighted by atomic mass is 9.35. The van der Waals surface area contributed by atoms with Crippen LogP contribution in [0, 0.1) is 45.3 Å². The fourth-order valence-electron chi connectivity index (χ4n) is 16.2. The number of aliphatic hydroxyl groups excluding tert-OH is 13. The van der Waals surface area contributed by atoms with Gasteiger partial charge in [-0.15, -0.1) is 0 Å². The van der Waals surface area contributed by atoms with Gasteiger partial charge in [-0.1, -0.05) is 46.3 Å². The summed E-state index contributed by atoms with van der Waals surface area (Å²) in [6.07, 6.45) is -22.5. The Hall–Kier alpha value is -1.14. The molecule has 14 N–H and O–H groups in total. The molecule has 22 nitrogen and oxygen atoms in total. The summed E-state index contributed by atoms with van der Waals surface area (Å²) in [5.41, 5.74) is -1.33. The van der Waals surface area contributed by atoms with Crippen LogP contribution in [0.4, 0.5) is 0 Å². The van der Waals surface area contributed by atoms with Crippen LogP contribution in [0.2, 0.25) is 0 Å². The van der Waals surface area contributed by atoms with Gasteiger partial charge >= 0.3 is 0 Å². The highest BCUT2D eigenvalue weighted by Gasteiger charge is 2.70. The summed E-state index contributed by atoms with van der Waals surface area (Å²) >= 11 is 0. The average Bonchev–Trinajstić information content (AvgIpc) is 3.79. The van der Waals surface area contributed by atoms with Crippen molar-refractivity contribution < 1.29 is 109 Å². The number of aliphatic hydroxyl groups is 14. The SMILES string of the molecule is CC(C)=CCC[C@@](O)(CO[C@@H]1O[C@H](CO)[C@@H](O)[C@H](O)[C@H]1O)[C@H]1CC[C@]2(C)[C@@H]1CC[C@@H]1[C@@]3(C)CC[C@H](O[C@@H]4O[C@H](CO)[C@@H](O)[C@H](O[C@@H]5O[C@H](CO)[C@@H](O)[C@H](O)[C@H]5O)[C@H]4O[C@@H]4O[C@@H](C)[C@H](O)[C@@H](O)[C@H]4O)C(C)(C)[C@@H]3CC[C@]12C. The molecule has 8 fully saturated rings. The van der Waals surface area contributed by atoms with E-state index in [2.05, 4.69) is 40.7 Å². The van der Waals surface area contributed by atoms with Crippen molar-refractivity contribution in [3.05, 3.63) is 11.6 Å². The molecule has 4 aliphatic heterocycles. The van der Waals surface area contributed by atoms with Crippen LogP contribution in [0.25, 0.3) is 0 Å². The van der Waals surface area contributed by atoms with Crippen LogP contribution in [0.5, 0.6) is 0 Å². The third-order valence-electron chi connectivity index (χ3n) is 20.8. The van der Waals surface area contributed by atoms with E-state index in [1.165, 1.54) is 6.92 Å². The minimum absolute atomic E-state index is 0.103. The van der Waals surface area contributed by atoms with Gasteiger partial charge in [-0.25, -0.2) is 0 Å². The van der Waals surface area contributed by atoms with E-state index in [0.29, 0.717) is 19.3 Å². The maximum atomic E-state index is 12.9. The summed E-state index contributed by atoms with van der Waals surface area (Å²) in [6, 6.07) is 0. The molecule has 8 rings (SSSR count). The second-order valence-electron chi connectivity index (χ2n) is 25.5. The van der Waals surface area contributed by atoms with Crippen molar-refractivity contribution in [2.75, 3.05) is 26.4 Å². The predicted molar refractivity (Wildman–Crippen MR) is 265 cm³/mol. The van der Waals surface area contributed by atoms with Gasteiger partial charge in [-0.2, -0.15) is 0 Å². The zero-order chi connectivity index (χ0) is 55.8. The molecular weight excluding hydrogens is 1000 g/mol. The van der Waals surface area contributed by atoms with Gasteiger partial charge < -0.3 is 109 Å². The van der Waals surface area contributed by atoms with Crippen molar-refractivity contribution in [2.24, 2.45) is 45.3 Å². The predicted octanol–water partition coefficient (Wildman–Crippen LogP) is -1.17. The van der Waals surface area contributed by atoms with Gasteiger partial charge in [0.1, 0.15) is 91.6 Å². The molecule has 76 heavy (non-hydrogen) atoms. The van der Waals surface area contributed by atoms with Crippen LogP contribution in [0.15, 0.2) is 11.6 Å². The number of allylic oxidation sites excluding steroid dienone is 2. The number of ether oxygens (including phenoxy) is 8. The summed E-state index contributed by atoms with van der Waals surface area (Å²) < 4.78 is 49.3. The van der Waals surface area contributed by atoms with E-state index in [1.807, 2.05) is 13.8 Å². The van der Waals surface area contributed by atoms with Gasteiger partial charge in [0.15, 0.2) is 25.2 Å². The Morgan fingerprint density at radius 3 is 1.67 bits per heavy atom. The van der Waals surface area contributed by atoms with Gasteiger partial charge in [0.05, 0.1) is 44.2 Å². The summed E-state index contributed by atoms with van der Waals surface area (Å²) in [5, 5.41) is 152. The summed E-state index contributed by atoms with van der Waals surface area (Å²) in [7, 11) is 0. The highest BCUT2D eigenvalue weighted by atomic mass is 16.8. The number of rotatable bonds is 16. The second kappa shape index (κ2) is 23.3. The molecule has 0 radical (unpaired) electrons. The molecule has 4 saturated carbocycles. The van der Waals surface area contributed by atoms with Crippen LogP contribution in [0.3, 0.4) is 0 Å². The number of hydrogen-bond acceptors (Lipinski definition) is 22. The van der Waals surface area contributed by atoms with E-state index in [9.17, 15) is 71.5 Å². The minimum Gasteiger partial charge on any atom is -0.394 e. The lowest BCUT2D eigenvalue weighted by molar-refractivity contribution is -0.398. The van der Waals surface area contributed by atoms with Crippen molar-refractivity contribution in [3.8, 4) is 0 Å². The number of fused-ring (bicyclic) bond motifs is 5. The van der Waals surface area contributed by atoms with E-state index in [1.54, 1.807) is 0 Å².